The Labute approximate surface area is 391 Å². The van der Waals surface area contributed by atoms with Gasteiger partial charge in [0.25, 0.3) is 0 Å². The summed E-state index contributed by atoms with van der Waals surface area (Å²) < 4.78 is 11.1. The van der Waals surface area contributed by atoms with E-state index in [1.807, 2.05) is 0 Å². The monoisotopic (exact) mass is 912 g/mol. The van der Waals surface area contributed by atoms with Gasteiger partial charge in [-0.1, -0.05) is 199 Å². The van der Waals surface area contributed by atoms with Gasteiger partial charge < -0.3 is 50.5 Å². The number of aliphatic hydroxyl groups is 7. The molecule has 8 N–H and O–H groups in total. The molecule has 1 aliphatic rings. The van der Waals surface area contributed by atoms with Crippen molar-refractivity contribution in [1.29, 1.82) is 0 Å². The summed E-state index contributed by atoms with van der Waals surface area (Å²) in [7, 11) is 0. The predicted molar refractivity (Wildman–Crippen MR) is 261 cm³/mol. The minimum absolute atomic E-state index is 0.248. The molecule has 9 unspecified atom stereocenters. The highest BCUT2D eigenvalue weighted by Gasteiger charge is 2.44. The zero-order valence-corrected chi connectivity index (χ0v) is 41.0. The van der Waals surface area contributed by atoms with Crippen molar-refractivity contribution in [3.63, 3.8) is 0 Å². The summed E-state index contributed by atoms with van der Waals surface area (Å²) in [5, 5.41) is 75.9. The summed E-state index contributed by atoms with van der Waals surface area (Å²) in [4.78, 5) is 13.1. The van der Waals surface area contributed by atoms with Crippen molar-refractivity contribution in [2.24, 2.45) is 0 Å². The number of carbonyl (C=O) groups excluding carboxylic acids is 1. The second-order valence-corrected chi connectivity index (χ2v) is 18.9. The van der Waals surface area contributed by atoms with Crippen LogP contribution >= 0.6 is 0 Å². The molecule has 0 saturated carbocycles. The topological polar surface area (TPSA) is 189 Å². The molecule has 0 aromatic heterocycles. The molecule has 0 radical (unpaired) electrons. The fraction of sp³-hybridized carbons (Fsp3) is 0.906. The lowest BCUT2D eigenvalue weighted by Crippen LogP contribution is -2.60. The fourth-order valence-corrected chi connectivity index (χ4v) is 8.55. The highest BCUT2D eigenvalue weighted by atomic mass is 16.7. The van der Waals surface area contributed by atoms with E-state index in [0.29, 0.717) is 12.8 Å². The van der Waals surface area contributed by atoms with Gasteiger partial charge in [-0.05, 0) is 64.2 Å². The van der Waals surface area contributed by atoms with E-state index in [1.54, 1.807) is 0 Å². The van der Waals surface area contributed by atoms with E-state index in [-0.39, 0.29) is 12.8 Å². The first-order valence-corrected chi connectivity index (χ1v) is 26.7. The lowest BCUT2D eigenvalue weighted by Gasteiger charge is -2.40. The molecule has 1 rings (SSSR count). The number of amides is 1. The summed E-state index contributed by atoms with van der Waals surface area (Å²) in [6, 6.07) is -1.19. The van der Waals surface area contributed by atoms with E-state index in [0.717, 1.165) is 57.8 Å². The van der Waals surface area contributed by atoms with Crippen LogP contribution in [0.15, 0.2) is 24.3 Å². The number of nitrogens with one attached hydrogen (secondary N) is 1. The first kappa shape index (κ1) is 60.6. The van der Waals surface area contributed by atoms with Crippen LogP contribution in [-0.4, -0.2) is 110 Å². The molecule has 11 nitrogen and oxygen atoms in total. The first-order chi connectivity index (χ1) is 31.2. The van der Waals surface area contributed by atoms with Gasteiger partial charge in [0.15, 0.2) is 6.29 Å². The summed E-state index contributed by atoms with van der Waals surface area (Å²) in [6.07, 6.45) is 37.9. The van der Waals surface area contributed by atoms with E-state index in [4.69, 9.17) is 9.47 Å². The van der Waals surface area contributed by atoms with Gasteiger partial charge >= 0.3 is 0 Å². The molecule has 0 spiro atoms. The Kier molecular flexibility index (Phi) is 40.6. The Hall–Kier alpha value is -1.41. The average Bonchev–Trinajstić information content (AvgIpc) is 3.29. The van der Waals surface area contributed by atoms with Gasteiger partial charge in [-0.15, -0.1) is 0 Å². The van der Waals surface area contributed by atoms with Crippen molar-refractivity contribution in [3.05, 3.63) is 24.3 Å². The normalized spacial score (nSPS) is 21.2. The van der Waals surface area contributed by atoms with Crippen LogP contribution in [0.1, 0.15) is 239 Å². The highest BCUT2D eigenvalue weighted by molar-refractivity contribution is 5.80. The average molecular weight is 912 g/mol. The maximum absolute atomic E-state index is 13.1. The van der Waals surface area contributed by atoms with Gasteiger partial charge in [0, 0.05) is 0 Å². The Morgan fingerprint density at radius 2 is 0.922 bits per heavy atom. The number of allylic oxidation sites excluding steroid dienone is 4. The Bertz CT molecular complexity index is 1090. The Morgan fingerprint density at radius 3 is 1.34 bits per heavy atom. The quantitative estimate of drug-likeness (QED) is 0.0216. The molecule has 0 aliphatic carbocycles. The third-order valence-electron chi connectivity index (χ3n) is 13.0. The second-order valence-electron chi connectivity index (χ2n) is 18.9. The molecule has 64 heavy (non-hydrogen) atoms. The lowest BCUT2D eigenvalue weighted by molar-refractivity contribution is -0.303. The minimum atomic E-state index is -1.67. The Balaban J connectivity index is 2.40. The SMILES string of the molecule is CCCCCCCCCC/C=C\CCCCCCCCC(O)C(=O)NC(COC1OC(CO)C(O)C(O)C1O)C(O)C(O)CCC/C=C/CCCCCCCCCCCCCCCC. The Morgan fingerprint density at radius 1 is 0.531 bits per heavy atom. The van der Waals surface area contributed by atoms with Gasteiger partial charge in [-0.3, -0.25) is 4.79 Å². The molecule has 1 saturated heterocycles. The zero-order chi connectivity index (χ0) is 46.9. The fourth-order valence-electron chi connectivity index (χ4n) is 8.55. The molecule has 1 heterocycles. The number of ether oxygens (including phenoxy) is 2. The van der Waals surface area contributed by atoms with E-state index in [2.05, 4.69) is 43.5 Å². The minimum Gasteiger partial charge on any atom is -0.394 e. The smallest absolute Gasteiger partial charge is 0.249 e. The van der Waals surface area contributed by atoms with Crippen LogP contribution in [0.5, 0.6) is 0 Å². The standard InChI is InChI=1S/C53H101NO10/c1-3-5-7-9-11-13-15-17-19-21-23-25-26-28-30-32-34-36-38-40-45(56)48(58)44(43-63-53-51(61)50(60)49(59)47(42-55)64-53)54-52(62)46(57)41-39-37-35-33-31-29-27-24-22-20-18-16-14-12-10-8-6-4-2/h22,24,32,34,44-51,53,55-61H,3-21,23,25-31,33,35-43H2,1-2H3,(H,54,62)/b24-22-,34-32+. The molecule has 1 fully saturated rings. The van der Waals surface area contributed by atoms with Crippen molar-refractivity contribution >= 4 is 5.91 Å². The third kappa shape index (κ3) is 31.5. The van der Waals surface area contributed by atoms with Crippen molar-refractivity contribution < 1.29 is 50.0 Å². The lowest BCUT2D eigenvalue weighted by atomic mass is 9.98. The molecule has 0 aromatic carbocycles. The van der Waals surface area contributed by atoms with Crippen LogP contribution in [0, 0.1) is 0 Å². The maximum Gasteiger partial charge on any atom is 0.249 e. The first-order valence-electron chi connectivity index (χ1n) is 26.7. The van der Waals surface area contributed by atoms with Crippen LogP contribution in [-0.2, 0) is 14.3 Å². The maximum atomic E-state index is 13.1. The molecule has 1 aliphatic heterocycles. The summed E-state index contributed by atoms with van der Waals surface area (Å²) in [6.45, 7) is 3.45. The van der Waals surface area contributed by atoms with Crippen molar-refractivity contribution in [3.8, 4) is 0 Å². The molecular weight excluding hydrogens is 811 g/mol. The van der Waals surface area contributed by atoms with Gasteiger partial charge in [0.2, 0.25) is 5.91 Å². The van der Waals surface area contributed by atoms with Crippen molar-refractivity contribution in [2.75, 3.05) is 13.2 Å². The largest absolute Gasteiger partial charge is 0.394 e. The molecular formula is C53H101NO10. The highest BCUT2D eigenvalue weighted by Crippen LogP contribution is 2.23. The molecule has 378 valence electrons. The van der Waals surface area contributed by atoms with Crippen LogP contribution < -0.4 is 5.32 Å². The van der Waals surface area contributed by atoms with Crippen LogP contribution in [0.2, 0.25) is 0 Å². The number of aliphatic hydroxyl groups excluding tert-OH is 7. The number of rotatable bonds is 45. The molecule has 0 aromatic rings. The van der Waals surface area contributed by atoms with Gasteiger partial charge in [0.05, 0.1) is 25.4 Å². The zero-order valence-electron chi connectivity index (χ0n) is 41.0. The van der Waals surface area contributed by atoms with E-state index in [9.17, 15) is 40.5 Å². The third-order valence-corrected chi connectivity index (χ3v) is 13.0. The molecule has 0 bridgehead atoms. The number of carbonyl (C=O) groups is 1. The number of hydrogen-bond donors (Lipinski definition) is 8. The predicted octanol–water partition coefficient (Wildman–Crippen LogP) is 10.2. The number of hydrogen-bond acceptors (Lipinski definition) is 10. The van der Waals surface area contributed by atoms with Crippen LogP contribution in [0.3, 0.4) is 0 Å². The van der Waals surface area contributed by atoms with E-state index < -0.39 is 74.2 Å². The molecule has 1 amide bonds. The van der Waals surface area contributed by atoms with E-state index >= 15 is 0 Å². The molecule has 9 atom stereocenters. The summed E-state index contributed by atoms with van der Waals surface area (Å²) in [5.74, 6) is -0.709. The van der Waals surface area contributed by atoms with Gasteiger partial charge in [-0.2, -0.15) is 0 Å². The summed E-state index contributed by atoms with van der Waals surface area (Å²) >= 11 is 0. The van der Waals surface area contributed by atoms with Gasteiger partial charge in [0.1, 0.15) is 36.6 Å². The second kappa shape index (κ2) is 42.9. The van der Waals surface area contributed by atoms with Crippen molar-refractivity contribution in [1.82, 2.24) is 5.32 Å². The van der Waals surface area contributed by atoms with Gasteiger partial charge in [-0.25, -0.2) is 0 Å². The van der Waals surface area contributed by atoms with Crippen molar-refractivity contribution in [2.45, 2.75) is 294 Å². The summed E-state index contributed by atoms with van der Waals surface area (Å²) in [5.41, 5.74) is 0. The molecule has 11 heteroatoms. The van der Waals surface area contributed by atoms with Crippen LogP contribution in [0.4, 0.5) is 0 Å². The number of unbranched alkanes of at least 4 members (excludes halogenated alkanes) is 29. The van der Waals surface area contributed by atoms with E-state index in [1.165, 1.54) is 141 Å². The van der Waals surface area contributed by atoms with Crippen LogP contribution in [0.25, 0.3) is 0 Å².